The minimum Gasteiger partial charge on any atom is -0.396 e. The number of sulfonamides is 1. The van der Waals surface area contributed by atoms with E-state index in [1.165, 1.54) is 0 Å². The summed E-state index contributed by atoms with van der Waals surface area (Å²) in [6.07, 6.45) is 0. The zero-order chi connectivity index (χ0) is 16.2. The predicted molar refractivity (Wildman–Crippen MR) is 73.8 cm³/mol. The zero-order valence-electron chi connectivity index (χ0n) is 11.6. The first-order chi connectivity index (χ1) is 9.63. The van der Waals surface area contributed by atoms with Crippen molar-refractivity contribution in [2.24, 2.45) is 5.92 Å². The smallest absolute Gasteiger partial charge is 0.244 e. The van der Waals surface area contributed by atoms with E-state index in [9.17, 15) is 22.0 Å². The predicted octanol–water partition coefficient (Wildman–Crippen LogP) is 0.598. The molecule has 0 aliphatic rings. The van der Waals surface area contributed by atoms with Crippen LogP contribution >= 0.6 is 0 Å². The Labute approximate surface area is 121 Å². The molecule has 0 aliphatic heterocycles. The highest BCUT2D eigenvalue weighted by atomic mass is 32.2. The summed E-state index contributed by atoms with van der Waals surface area (Å²) < 4.78 is 52.1. The molecule has 21 heavy (non-hydrogen) atoms. The van der Waals surface area contributed by atoms with E-state index in [1.54, 1.807) is 0 Å². The maximum Gasteiger partial charge on any atom is 0.244 e. The highest BCUT2D eigenvalue weighted by molar-refractivity contribution is 7.89. The summed E-state index contributed by atoms with van der Waals surface area (Å²) in [7, 11) is -4.30. The van der Waals surface area contributed by atoms with E-state index in [0.29, 0.717) is 18.7 Å². The van der Waals surface area contributed by atoms with Gasteiger partial charge in [-0.05, 0) is 12.0 Å². The van der Waals surface area contributed by atoms with Gasteiger partial charge in [0.05, 0.1) is 12.2 Å². The van der Waals surface area contributed by atoms with Crippen LogP contribution in [0.3, 0.4) is 0 Å². The Kier molecular flexibility index (Phi) is 5.62. The normalized spacial score (nSPS) is 11.7. The summed E-state index contributed by atoms with van der Waals surface area (Å²) in [5, 5.41) is 2.50. The number of amides is 1. The number of rotatable bonds is 6. The van der Waals surface area contributed by atoms with Gasteiger partial charge in [0, 0.05) is 12.6 Å². The van der Waals surface area contributed by atoms with Gasteiger partial charge < -0.3 is 11.1 Å². The van der Waals surface area contributed by atoms with E-state index in [2.05, 4.69) is 5.32 Å². The average Bonchev–Trinajstić information content (AvgIpc) is 2.38. The lowest BCUT2D eigenvalue weighted by atomic mass is 10.2. The van der Waals surface area contributed by atoms with Gasteiger partial charge in [-0.1, -0.05) is 13.8 Å². The fourth-order valence-electron chi connectivity index (χ4n) is 1.37. The fraction of sp³-hybridized carbons (Fsp3) is 0.417. The second-order valence-corrected chi connectivity index (χ2v) is 6.56. The third-order valence-electron chi connectivity index (χ3n) is 2.47. The molecule has 0 saturated heterocycles. The second kappa shape index (κ2) is 6.81. The Hall–Kier alpha value is -1.74. The number of benzene rings is 1. The molecule has 0 aromatic heterocycles. The average molecular weight is 321 g/mol. The molecule has 0 saturated carbocycles. The minimum atomic E-state index is -4.30. The van der Waals surface area contributed by atoms with Crippen LogP contribution in [0.25, 0.3) is 0 Å². The number of halogens is 2. The SMILES string of the molecule is CC(C)CNC(=O)CNS(=O)(=O)c1cc(N)c(F)cc1F. The van der Waals surface area contributed by atoms with Crippen molar-refractivity contribution in [1.29, 1.82) is 0 Å². The molecule has 0 fully saturated rings. The lowest BCUT2D eigenvalue weighted by molar-refractivity contribution is -0.120. The molecule has 0 heterocycles. The second-order valence-electron chi connectivity index (χ2n) is 4.83. The number of carbonyl (C=O) groups is 1. The number of anilines is 1. The molecule has 4 N–H and O–H groups in total. The molecular weight excluding hydrogens is 304 g/mol. The Bertz CT molecular complexity index is 633. The third kappa shape index (κ3) is 4.94. The van der Waals surface area contributed by atoms with Gasteiger partial charge in [0.1, 0.15) is 16.5 Å². The molecule has 1 amide bonds. The van der Waals surface area contributed by atoms with Gasteiger partial charge in [0.2, 0.25) is 15.9 Å². The summed E-state index contributed by atoms with van der Waals surface area (Å²) in [6, 6.07) is 1.04. The Morgan fingerprint density at radius 3 is 2.48 bits per heavy atom. The van der Waals surface area contributed by atoms with Gasteiger partial charge in [-0.15, -0.1) is 0 Å². The number of nitrogens with two attached hydrogens (primary N) is 1. The number of carbonyl (C=O) groups excluding carboxylic acids is 1. The fourth-order valence-corrected chi connectivity index (χ4v) is 2.44. The zero-order valence-corrected chi connectivity index (χ0v) is 12.4. The Balaban J connectivity index is 2.79. The van der Waals surface area contributed by atoms with E-state index in [4.69, 9.17) is 5.73 Å². The van der Waals surface area contributed by atoms with Gasteiger partial charge in [0.25, 0.3) is 0 Å². The summed E-state index contributed by atoms with van der Waals surface area (Å²) in [5.74, 6) is -2.68. The molecule has 9 heteroatoms. The van der Waals surface area contributed by atoms with E-state index in [-0.39, 0.29) is 5.92 Å². The summed E-state index contributed by atoms with van der Waals surface area (Å²) >= 11 is 0. The molecule has 1 rings (SSSR count). The van der Waals surface area contributed by atoms with Crippen molar-refractivity contribution in [2.45, 2.75) is 18.7 Å². The molecule has 0 unspecified atom stereocenters. The van der Waals surface area contributed by atoms with Crippen molar-refractivity contribution in [3.63, 3.8) is 0 Å². The van der Waals surface area contributed by atoms with Crippen molar-refractivity contribution >= 4 is 21.6 Å². The standard InChI is InChI=1S/C12H17F2N3O3S/c1-7(2)5-16-12(18)6-17-21(19,20)11-4-10(15)8(13)3-9(11)14/h3-4,7,17H,5-6,15H2,1-2H3,(H,16,18). The van der Waals surface area contributed by atoms with Gasteiger partial charge in [-0.25, -0.2) is 21.9 Å². The van der Waals surface area contributed by atoms with Gasteiger partial charge in [-0.2, -0.15) is 0 Å². The van der Waals surface area contributed by atoms with Crippen LogP contribution in [-0.4, -0.2) is 27.4 Å². The van der Waals surface area contributed by atoms with Crippen LogP contribution in [0, 0.1) is 17.6 Å². The number of nitrogens with one attached hydrogen (secondary N) is 2. The monoisotopic (exact) mass is 321 g/mol. The van der Waals surface area contributed by atoms with Crippen LogP contribution in [0.4, 0.5) is 14.5 Å². The van der Waals surface area contributed by atoms with Crippen molar-refractivity contribution in [1.82, 2.24) is 10.0 Å². The van der Waals surface area contributed by atoms with E-state index in [1.807, 2.05) is 18.6 Å². The first-order valence-electron chi connectivity index (χ1n) is 6.14. The quantitative estimate of drug-likeness (QED) is 0.668. The first kappa shape index (κ1) is 17.3. The van der Waals surface area contributed by atoms with Crippen molar-refractivity contribution in [3.05, 3.63) is 23.8 Å². The van der Waals surface area contributed by atoms with Gasteiger partial charge in [0.15, 0.2) is 0 Å². The molecule has 0 bridgehead atoms. The van der Waals surface area contributed by atoms with Gasteiger partial charge in [-0.3, -0.25) is 4.79 Å². The molecule has 0 spiro atoms. The molecule has 0 atom stereocenters. The van der Waals surface area contributed by atoms with E-state index in [0.717, 1.165) is 0 Å². The third-order valence-corrected chi connectivity index (χ3v) is 3.89. The highest BCUT2D eigenvalue weighted by Gasteiger charge is 2.22. The molecule has 0 radical (unpaired) electrons. The van der Waals surface area contributed by atoms with E-state index < -0.39 is 44.7 Å². The lowest BCUT2D eigenvalue weighted by Crippen LogP contribution is -2.38. The topological polar surface area (TPSA) is 101 Å². The van der Waals surface area contributed by atoms with Crippen LogP contribution in [-0.2, 0) is 14.8 Å². The van der Waals surface area contributed by atoms with Crippen LogP contribution in [0.5, 0.6) is 0 Å². The first-order valence-corrected chi connectivity index (χ1v) is 7.62. The molecule has 1 aromatic rings. The number of nitrogen functional groups attached to an aromatic ring is 1. The van der Waals surface area contributed by atoms with Crippen LogP contribution in [0.15, 0.2) is 17.0 Å². The largest absolute Gasteiger partial charge is 0.396 e. The minimum absolute atomic E-state index is 0.208. The summed E-state index contributed by atoms with van der Waals surface area (Å²) in [5.41, 5.74) is 4.71. The van der Waals surface area contributed by atoms with Crippen LogP contribution in [0.1, 0.15) is 13.8 Å². The summed E-state index contributed by atoms with van der Waals surface area (Å²) in [6.45, 7) is 3.59. The maximum atomic E-state index is 13.5. The molecule has 118 valence electrons. The Morgan fingerprint density at radius 2 is 1.90 bits per heavy atom. The molecule has 1 aromatic carbocycles. The van der Waals surface area contributed by atoms with Crippen LogP contribution in [0.2, 0.25) is 0 Å². The van der Waals surface area contributed by atoms with Crippen molar-refractivity contribution in [3.8, 4) is 0 Å². The lowest BCUT2D eigenvalue weighted by Gasteiger charge is -2.10. The maximum absolute atomic E-state index is 13.5. The number of hydrogen-bond donors (Lipinski definition) is 3. The summed E-state index contributed by atoms with van der Waals surface area (Å²) in [4.78, 5) is 10.6. The van der Waals surface area contributed by atoms with Crippen molar-refractivity contribution < 1.29 is 22.0 Å². The van der Waals surface area contributed by atoms with Crippen LogP contribution < -0.4 is 15.8 Å². The van der Waals surface area contributed by atoms with E-state index >= 15 is 0 Å². The molecular formula is C12H17F2N3O3S. The number of hydrogen-bond acceptors (Lipinski definition) is 4. The molecule has 0 aliphatic carbocycles. The Morgan fingerprint density at radius 1 is 1.29 bits per heavy atom. The highest BCUT2D eigenvalue weighted by Crippen LogP contribution is 2.20. The van der Waals surface area contributed by atoms with Gasteiger partial charge >= 0.3 is 0 Å². The molecule has 6 nitrogen and oxygen atoms in total. The van der Waals surface area contributed by atoms with Crippen molar-refractivity contribution in [2.75, 3.05) is 18.8 Å².